The molecule has 0 atom stereocenters. The van der Waals surface area contributed by atoms with Gasteiger partial charge in [0, 0.05) is 12.6 Å². The van der Waals surface area contributed by atoms with E-state index in [0.717, 1.165) is 0 Å². The van der Waals surface area contributed by atoms with Crippen LogP contribution in [0.2, 0.25) is 0 Å². The van der Waals surface area contributed by atoms with E-state index in [1.807, 2.05) is 0 Å². The summed E-state index contributed by atoms with van der Waals surface area (Å²) in [6, 6.07) is 0. The first-order valence-corrected chi connectivity index (χ1v) is 3.19. The minimum absolute atomic E-state index is 0. The third-order valence-corrected chi connectivity index (χ3v) is 1.65. The molecule has 0 unspecified atom stereocenters. The summed E-state index contributed by atoms with van der Waals surface area (Å²) in [5.41, 5.74) is 0. The molecule has 0 aliphatic rings. The summed E-state index contributed by atoms with van der Waals surface area (Å²) in [6.45, 7) is 0. The smallest absolute Gasteiger partial charge is 0.228 e. The van der Waals surface area contributed by atoms with Gasteiger partial charge in [-0.15, -0.1) is 0 Å². The van der Waals surface area contributed by atoms with Gasteiger partial charge in [0.2, 0.25) is 34.0 Å². The maximum absolute atomic E-state index is 12.4. The molecule has 13 heavy (non-hydrogen) atoms. The second kappa shape index (κ2) is 4.45. The molecule has 0 fully saturated rings. The standard InChI is InChI=1S/C6HF5S.HI/c7-1-2(8)4(10)6(12)5(11)3(1)9;/h12H;1H. The van der Waals surface area contributed by atoms with Crippen LogP contribution < -0.4 is 24.0 Å². The van der Waals surface area contributed by atoms with E-state index in [1.54, 1.807) is 0 Å². The summed E-state index contributed by atoms with van der Waals surface area (Å²) >= 11 is 2.27. The van der Waals surface area contributed by atoms with Crippen LogP contribution in [0.4, 0.5) is 22.0 Å². The van der Waals surface area contributed by atoms with Crippen molar-refractivity contribution in [2.75, 3.05) is 0 Å². The van der Waals surface area contributed by atoms with E-state index in [9.17, 15) is 22.0 Å². The molecule has 74 valence electrons. The highest BCUT2D eigenvalue weighted by Gasteiger charge is 2.27. The Morgan fingerprint density at radius 3 is 1.15 bits per heavy atom. The van der Waals surface area contributed by atoms with E-state index < -0.39 is 34.0 Å². The first kappa shape index (κ1) is 12.9. The molecule has 0 spiro atoms. The second-order valence-corrected chi connectivity index (χ2v) is 2.44. The molecule has 0 radical (unpaired) electrons. The molecule has 0 heterocycles. The summed E-state index contributed by atoms with van der Waals surface area (Å²) in [5, 5.41) is 0. The van der Waals surface area contributed by atoms with Gasteiger partial charge >= 0.3 is 0 Å². The first-order chi connectivity index (χ1) is 5.46. The Hall–Kier alpha value is -0.0500. The van der Waals surface area contributed by atoms with E-state index in [1.165, 1.54) is 0 Å². The second-order valence-electron chi connectivity index (χ2n) is 1.94. The van der Waals surface area contributed by atoms with E-state index in [-0.39, 0.29) is 24.0 Å². The number of rotatable bonds is 0. The maximum atomic E-state index is 12.4. The van der Waals surface area contributed by atoms with Crippen molar-refractivity contribution in [3.63, 3.8) is 0 Å². The lowest BCUT2D eigenvalue weighted by Gasteiger charge is -1.97. The first-order valence-electron chi connectivity index (χ1n) is 2.69. The Kier molecular flexibility index (Phi) is 4.43. The third-order valence-electron chi connectivity index (χ3n) is 1.21. The van der Waals surface area contributed by atoms with Crippen molar-refractivity contribution in [3.05, 3.63) is 29.1 Å². The van der Waals surface area contributed by atoms with Crippen LogP contribution in [0.3, 0.4) is 0 Å². The fourth-order valence-corrected chi connectivity index (χ4v) is 0.824. The van der Waals surface area contributed by atoms with E-state index >= 15 is 0 Å². The molecular formula is C6H2F5IS. The van der Waals surface area contributed by atoms with Gasteiger partial charge in [-0.05, 0) is 0 Å². The van der Waals surface area contributed by atoms with Crippen LogP contribution in [-0.4, -0.2) is 0 Å². The molecule has 1 aromatic carbocycles. The van der Waals surface area contributed by atoms with Crippen LogP contribution in [-0.2, 0) is 12.6 Å². The van der Waals surface area contributed by atoms with Gasteiger partial charge in [-0.1, -0.05) is 0 Å². The third kappa shape index (κ3) is 2.06. The largest absolute Gasteiger partial charge is 1.00 e. The molecule has 1 rings (SSSR count). The molecule has 0 bridgehead atoms. The van der Waals surface area contributed by atoms with E-state index in [4.69, 9.17) is 0 Å². The van der Waals surface area contributed by atoms with Crippen molar-refractivity contribution >= 4 is 12.6 Å². The van der Waals surface area contributed by atoms with Gasteiger partial charge < -0.3 is 24.0 Å². The van der Waals surface area contributed by atoms with E-state index in [2.05, 4.69) is 12.6 Å². The zero-order valence-corrected chi connectivity index (χ0v) is 8.93. The number of benzene rings is 1. The lowest BCUT2D eigenvalue weighted by atomic mass is 10.3. The fraction of sp³-hybridized carbons (Fsp3) is 0. The molecule has 1 aromatic rings. The molecule has 0 saturated heterocycles. The number of halogens is 6. The molecule has 0 nitrogen and oxygen atoms in total. The van der Waals surface area contributed by atoms with Crippen molar-refractivity contribution in [1.82, 2.24) is 0 Å². The van der Waals surface area contributed by atoms with Crippen LogP contribution in [0.15, 0.2) is 4.90 Å². The van der Waals surface area contributed by atoms with Gasteiger partial charge in [0.15, 0.2) is 0 Å². The predicted molar refractivity (Wildman–Crippen MR) is 34.7 cm³/mol. The summed E-state index contributed by atoms with van der Waals surface area (Å²) in [7, 11) is 0. The summed E-state index contributed by atoms with van der Waals surface area (Å²) in [4.78, 5) is -1.06. The normalized spacial score (nSPS) is 9.69. The van der Waals surface area contributed by atoms with Gasteiger partial charge in [0.25, 0.3) is 0 Å². The fourth-order valence-electron chi connectivity index (χ4n) is 0.605. The highest BCUT2D eigenvalue weighted by atomic mass is 127. The van der Waals surface area contributed by atoms with Gasteiger partial charge in [-0.2, -0.15) is 8.78 Å². The van der Waals surface area contributed by atoms with Gasteiger partial charge in [-0.25, -0.2) is 13.2 Å². The lowest BCUT2D eigenvalue weighted by molar-refractivity contribution is -0.00000499. The minimum atomic E-state index is -2.16. The molecule has 0 N–H and O–H groups in total. The monoisotopic (exact) mass is 328 g/mol. The highest BCUT2D eigenvalue weighted by molar-refractivity contribution is 7.58. The molecule has 0 aliphatic heterocycles. The lowest BCUT2D eigenvalue weighted by Crippen LogP contribution is -3.00. The van der Waals surface area contributed by atoms with Crippen LogP contribution in [0.25, 0.3) is 0 Å². The number of hydrogen-bond donors (Lipinski definition) is 0. The zero-order valence-electron chi connectivity index (χ0n) is 5.77. The highest BCUT2D eigenvalue weighted by Crippen LogP contribution is 2.21. The minimum Gasteiger partial charge on any atom is -1.00 e. The molecule has 0 aromatic heterocycles. The average Bonchev–Trinajstić information content (AvgIpc) is 2.08. The van der Waals surface area contributed by atoms with E-state index in [0.29, 0.717) is 0 Å². The Morgan fingerprint density at radius 1 is 0.615 bits per heavy atom. The molecule has 0 amide bonds. The number of hydrogen-bond acceptors (Lipinski definition) is 0. The summed E-state index contributed by atoms with van der Waals surface area (Å²) in [6.07, 6.45) is 0. The quantitative estimate of drug-likeness (QED) is 0.184. The average molecular weight is 328 g/mol. The predicted octanol–water partition coefficient (Wildman–Crippen LogP) is -1.24. The van der Waals surface area contributed by atoms with Crippen molar-refractivity contribution in [3.8, 4) is 0 Å². The SMILES string of the molecule is Fc1c(F)c(F)c([SH2+])c(F)c1F.[I-]. The summed E-state index contributed by atoms with van der Waals surface area (Å²) < 4.78 is 61.4. The van der Waals surface area contributed by atoms with Gasteiger partial charge in [0.05, 0.1) is 0 Å². The van der Waals surface area contributed by atoms with Crippen molar-refractivity contribution in [2.45, 2.75) is 4.90 Å². The maximum Gasteiger partial charge on any atom is 0.228 e. The van der Waals surface area contributed by atoms with Crippen LogP contribution in [0.5, 0.6) is 0 Å². The van der Waals surface area contributed by atoms with Crippen molar-refractivity contribution in [1.29, 1.82) is 0 Å². The molecule has 0 saturated carbocycles. The Balaban J connectivity index is 0.00000144. The Morgan fingerprint density at radius 2 is 0.846 bits per heavy atom. The molecular weight excluding hydrogens is 326 g/mol. The van der Waals surface area contributed by atoms with Crippen molar-refractivity contribution in [2.24, 2.45) is 0 Å². The van der Waals surface area contributed by atoms with Gasteiger partial charge in [0.1, 0.15) is 0 Å². The van der Waals surface area contributed by atoms with Gasteiger partial charge in [-0.3, -0.25) is 0 Å². The molecule has 0 aliphatic carbocycles. The topological polar surface area (TPSA) is 0 Å². The summed E-state index contributed by atoms with van der Waals surface area (Å²) in [5.74, 6) is -9.82. The Labute approximate surface area is 92.6 Å². The zero-order chi connectivity index (χ0) is 9.46. The van der Waals surface area contributed by atoms with Crippen molar-refractivity contribution < 1.29 is 45.9 Å². The van der Waals surface area contributed by atoms with Crippen LogP contribution in [0.1, 0.15) is 0 Å². The molecule has 7 heteroatoms. The van der Waals surface area contributed by atoms with Crippen LogP contribution in [0, 0.1) is 29.1 Å². The Bertz CT molecular complexity index is 235. The van der Waals surface area contributed by atoms with Crippen LogP contribution >= 0.6 is 0 Å².